The highest BCUT2D eigenvalue weighted by molar-refractivity contribution is 5.95. The Morgan fingerprint density at radius 3 is 2.19 bits per heavy atom. The summed E-state index contributed by atoms with van der Waals surface area (Å²) in [5.74, 6) is -1.47. The van der Waals surface area contributed by atoms with Gasteiger partial charge >= 0.3 is 6.18 Å². The van der Waals surface area contributed by atoms with Gasteiger partial charge < -0.3 is 15.5 Å². The van der Waals surface area contributed by atoms with Crippen LogP contribution in [0.3, 0.4) is 0 Å². The zero-order valence-corrected chi connectivity index (χ0v) is 17.2. The molecule has 2 aromatic rings. The summed E-state index contributed by atoms with van der Waals surface area (Å²) in [6.45, 7) is 2.76. The lowest BCUT2D eigenvalue weighted by molar-refractivity contribution is -0.137. The second kappa shape index (κ2) is 10.6. The second-order valence-corrected chi connectivity index (χ2v) is 6.87. The molecule has 0 aliphatic carbocycles. The van der Waals surface area contributed by atoms with E-state index in [1.54, 1.807) is 37.3 Å². The third-order valence-corrected chi connectivity index (χ3v) is 4.53. The van der Waals surface area contributed by atoms with E-state index in [0.29, 0.717) is 0 Å². The van der Waals surface area contributed by atoms with Gasteiger partial charge in [0.1, 0.15) is 0 Å². The molecule has 0 heterocycles. The largest absolute Gasteiger partial charge is 0.418 e. The second-order valence-electron chi connectivity index (χ2n) is 6.87. The van der Waals surface area contributed by atoms with Crippen molar-refractivity contribution in [2.24, 2.45) is 0 Å². The monoisotopic (exact) mass is 435 g/mol. The average Bonchev–Trinajstić information content (AvgIpc) is 2.71. The van der Waals surface area contributed by atoms with Crippen molar-refractivity contribution in [3.8, 4) is 0 Å². The number of nitrogens with one attached hydrogen (secondary N) is 2. The number of nitrogens with zero attached hydrogens (tertiary/aromatic N) is 1. The third-order valence-electron chi connectivity index (χ3n) is 4.53. The first-order valence-corrected chi connectivity index (χ1v) is 9.67. The number of carbonyl (C=O) groups excluding carboxylic acids is 3. The van der Waals surface area contributed by atoms with E-state index in [1.165, 1.54) is 24.0 Å². The van der Waals surface area contributed by atoms with Crippen molar-refractivity contribution >= 4 is 23.4 Å². The van der Waals surface area contributed by atoms with Crippen LogP contribution in [-0.2, 0) is 20.6 Å². The van der Waals surface area contributed by atoms with Gasteiger partial charge in [-0.25, -0.2) is 0 Å². The van der Waals surface area contributed by atoms with Crippen LogP contribution in [0.2, 0.25) is 0 Å². The number of para-hydroxylation sites is 1. The molecule has 0 aliphatic rings. The summed E-state index contributed by atoms with van der Waals surface area (Å²) in [5.41, 5.74) is -0.609. The first kappa shape index (κ1) is 23.9. The van der Waals surface area contributed by atoms with Gasteiger partial charge in [-0.3, -0.25) is 14.4 Å². The SMILES string of the molecule is CCN(CC(=O)Nc1ccccc1C(F)(F)F)C(=O)CC(NC(C)=O)c1ccccc1. The predicted octanol–water partition coefficient (Wildman–Crippen LogP) is 3.76. The quantitative estimate of drug-likeness (QED) is 0.663. The van der Waals surface area contributed by atoms with Crippen molar-refractivity contribution in [2.45, 2.75) is 32.5 Å². The minimum Gasteiger partial charge on any atom is -0.349 e. The minimum absolute atomic E-state index is 0.0934. The van der Waals surface area contributed by atoms with Gasteiger partial charge in [-0.15, -0.1) is 0 Å². The zero-order chi connectivity index (χ0) is 23.0. The summed E-state index contributed by atoms with van der Waals surface area (Å²) in [6.07, 6.45) is -4.71. The van der Waals surface area contributed by atoms with Gasteiger partial charge in [-0.2, -0.15) is 13.2 Å². The maximum Gasteiger partial charge on any atom is 0.418 e. The van der Waals surface area contributed by atoms with Crippen LogP contribution in [0, 0.1) is 0 Å². The van der Waals surface area contributed by atoms with E-state index in [9.17, 15) is 27.6 Å². The van der Waals surface area contributed by atoms with Gasteiger partial charge in [0.2, 0.25) is 17.7 Å². The Morgan fingerprint density at radius 2 is 1.61 bits per heavy atom. The van der Waals surface area contributed by atoms with Crippen LogP contribution < -0.4 is 10.6 Å². The van der Waals surface area contributed by atoms with Gasteiger partial charge in [0.15, 0.2) is 0 Å². The molecule has 2 N–H and O–H groups in total. The molecule has 0 bridgehead atoms. The Bertz CT molecular complexity index is 917. The molecule has 0 aromatic heterocycles. The zero-order valence-electron chi connectivity index (χ0n) is 17.2. The minimum atomic E-state index is -4.62. The number of halogens is 3. The van der Waals surface area contributed by atoms with Crippen molar-refractivity contribution in [1.82, 2.24) is 10.2 Å². The van der Waals surface area contributed by atoms with E-state index in [0.717, 1.165) is 17.7 Å². The maximum atomic E-state index is 13.1. The van der Waals surface area contributed by atoms with E-state index >= 15 is 0 Å². The number of hydrogen-bond acceptors (Lipinski definition) is 3. The van der Waals surface area contributed by atoms with E-state index in [2.05, 4.69) is 10.6 Å². The van der Waals surface area contributed by atoms with Crippen LogP contribution in [0.4, 0.5) is 18.9 Å². The number of hydrogen-bond donors (Lipinski definition) is 2. The molecular weight excluding hydrogens is 411 g/mol. The van der Waals surface area contributed by atoms with Crippen LogP contribution in [-0.4, -0.2) is 35.7 Å². The molecule has 0 fully saturated rings. The summed E-state index contributed by atoms with van der Waals surface area (Å²) in [6, 6.07) is 12.9. The van der Waals surface area contributed by atoms with Gasteiger partial charge in [-0.05, 0) is 24.6 Å². The lowest BCUT2D eigenvalue weighted by Gasteiger charge is -2.24. The molecule has 1 atom stereocenters. The molecule has 0 saturated carbocycles. The normalized spacial score (nSPS) is 12.0. The molecular formula is C22H24F3N3O3. The Kier molecular flexibility index (Phi) is 8.18. The van der Waals surface area contributed by atoms with Crippen molar-refractivity contribution < 1.29 is 27.6 Å². The van der Waals surface area contributed by atoms with Crippen molar-refractivity contribution in [1.29, 1.82) is 0 Å². The highest BCUT2D eigenvalue weighted by Crippen LogP contribution is 2.34. The standard InChI is InChI=1S/C22H24F3N3O3/c1-3-28(14-20(30)27-18-12-8-7-11-17(18)22(23,24)25)21(31)13-19(26-15(2)29)16-9-5-4-6-10-16/h4-12,19H,3,13-14H2,1-2H3,(H,26,29)(H,27,30). The molecule has 6 nitrogen and oxygen atoms in total. The number of alkyl halides is 3. The van der Waals surface area contributed by atoms with Crippen LogP contribution >= 0.6 is 0 Å². The van der Waals surface area contributed by atoms with Gasteiger partial charge in [-0.1, -0.05) is 42.5 Å². The fourth-order valence-corrected chi connectivity index (χ4v) is 3.07. The van der Waals surface area contributed by atoms with Crippen LogP contribution in [0.1, 0.15) is 37.4 Å². The number of amides is 3. The smallest absolute Gasteiger partial charge is 0.349 e. The fraction of sp³-hybridized carbons (Fsp3) is 0.318. The topological polar surface area (TPSA) is 78.5 Å². The van der Waals surface area contributed by atoms with Crippen LogP contribution in [0.5, 0.6) is 0 Å². The summed E-state index contributed by atoms with van der Waals surface area (Å²) in [5, 5.41) is 4.94. The molecule has 0 radical (unpaired) electrons. The Hall–Kier alpha value is -3.36. The molecule has 3 amide bonds. The molecule has 0 spiro atoms. The van der Waals surface area contributed by atoms with E-state index in [4.69, 9.17) is 0 Å². The molecule has 2 aromatic carbocycles. The van der Waals surface area contributed by atoms with Crippen LogP contribution in [0.15, 0.2) is 54.6 Å². The van der Waals surface area contributed by atoms with E-state index in [1.807, 2.05) is 0 Å². The van der Waals surface area contributed by atoms with E-state index < -0.39 is 36.1 Å². The molecule has 0 aliphatic heterocycles. The Balaban J connectivity index is 2.09. The first-order valence-electron chi connectivity index (χ1n) is 9.67. The summed E-state index contributed by atoms with van der Waals surface area (Å²) >= 11 is 0. The lowest BCUT2D eigenvalue weighted by Crippen LogP contribution is -2.40. The van der Waals surface area contributed by atoms with Gasteiger partial charge in [0.25, 0.3) is 0 Å². The van der Waals surface area contributed by atoms with Gasteiger partial charge in [0, 0.05) is 13.5 Å². The highest BCUT2D eigenvalue weighted by atomic mass is 19.4. The van der Waals surface area contributed by atoms with E-state index in [-0.39, 0.29) is 24.6 Å². The highest BCUT2D eigenvalue weighted by Gasteiger charge is 2.33. The van der Waals surface area contributed by atoms with Crippen molar-refractivity contribution in [3.63, 3.8) is 0 Å². The molecule has 31 heavy (non-hydrogen) atoms. The third kappa shape index (κ3) is 7.13. The number of carbonyl (C=O) groups is 3. The predicted molar refractivity (Wildman–Crippen MR) is 110 cm³/mol. The Labute approximate surface area is 178 Å². The Morgan fingerprint density at radius 1 is 1.00 bits per heavy atom. The fourth-order valence-electron chi connectivity index (χ4n) is 3.07. The summed E-state index contributed by atoms with van der Waals surface area (Å²) in [7, 11) is 0. The van der Waals surface area contributed by atoms with Crippen LogP contribution in [0.25, 0.3) is 0 Å². The first-order chi connectivity index (χ1) is 14.6. The number of anilines is 1. The lowest BCUT2D eigenvalue weighted by atomic mass is 10.0. The number of benzene rings is 2. The molecule has 0 saturated heterocycles. The molecule has 1 unspecified atom stereocenters. The molecule has 2 rings (SSSR count). The number of likely N-dealkylation sites (N-methyl/N-ethyl adjacent to an activating group) is 1. The summed E-state index contributed by atoms with van der Waals surface area (Å²) < 4.78 is 39.3. The maximum absolute atomic E-state index is 13.1. The van der Waals surface area contributed by atoms with Gasteiger partial charge in [0.05, 0.1) is 30.3 Å². The van der Waals surface area contributed by atoms with Crippen molar-refractivity contribution in [2.75, 3.05) is 18.4 Å². The summed E-state index contributed by atoms with van der Waals surface area (Å²) in [4.78, 5) is 37.9. The molecule has 9 heteroatoms. The molecule has 166 valence electrons. The average molecular weight is 435 g/mol. The number of rotatable bonds is 8. The van der Waals surface area contributed by atoms with Crippen molar-refractivity contribution in [3.05, 3.63) is 65.7 Å².